The Labute approximate surface area is 139 Å². The standard InChI is InChI=1S/C17H18N2O5/c1-22-13-7-12(8-14(9-13)23-2)16-19-18-15(24-16)10-4-3-5-11(6-10)17(20)21/h3-8,13,16,19H,9H2,1-2H3,(H,20,21). The SMILES string of the molecule is COC1=CC(C2NN=C(c3cccc(C(=O)O)c3)O2)=CC(OC)C1. The van der Waals surface area contributed by atoms with Crippen molar-refractivity contribution >= 4 is 11.9 Å². The summed E-state index contributed by atoms with van der Waals surface area (Å²) in [6.07, 6.45) is 3.93. The minimum Gasteiger partial charge on any atom is -0.501 e. The van der Waals surface area contributed by atoms with E-state index in [4.69, 9.17) is 19.3 Å². The average molecular weight is 330 g/mol. The molecule has 0 amide bonds. The number of hydrogen-bond donors (Lipinski definition) is 2. The largest absolute Gasteiger partial charge is 0.501 e. The van der Waals surface area contributed by atoms with Crippen LogP contribution in [0.5, 0.6) is 0 Å². The van der Waals surface area contributed by atoms with E-state index < -0.39 is 12.2 Å². The predicted octanol–water partition coefficient (Wildman–Crippen LogP) is 1.87. The fraction of sp³-hybridized carbons (Fsp3) is 0.294. The van der Waals surface area contributed by atoms with E-state index in [0.717, 1.165) is 11.3 Å². The summed E-state index contributed by atoms with van der Waals surface area (Å²) in [5, 5.41) is 13.2. The fourth-order valence-corrected chi connectivity index (χ4v) is 2.56. The second kappa shape index (κ2) is 6.76. The Morgan fingerprint density at radius 3 is 2.96 bits per heavy atom. The van der Waals surface area contributed by atoms with Crippen molar-refractivity contribution in [3.8, 4) is 0 Å². The molecule has 2 unspecified atom stereocenters. The normalized spacial score (nSPS) is 22.7. The molecule has 0 radical (unpaired) electrons. The van der Waals surface area contributed by atoms with Crippen LogP contribution in [0.1, 0.15) is 22.3 Å². The van der Waals surface area contributed by atoms with Crippen LogP contribution in [0.15, 0.2) is 52.9 Å². The molecule has 126 valence electrons. The second-order valence-corrected chi connectivity index (χ2v) is 5.39. The second-order valence-electron chi connectivity index (χ2n) is 5.39. The Morgan fingerprint density at radius 1 is 1.42 bits per heavy atom. The maximum Gasteiger partial charge on any atom is 0.335 e. The number of hydrogen-bond acceptors (Lipinski definition) is 6. The van der Waals surface area contributed by atoms with E-state index in [2.05, 4.69) is 10.5 Å². The highest BCUT2D eigenvalue weighted by Gasteiger charge is 2.27. The highest BCUT2D eigenvalue weighted by molar-refractivity contribution is 5.98. The van der Waals surface area contributed by atoms with Gasteiger partial charge in [0.15, 0.2) is 0 Å². The highest BCUT2D eigenvalue weighted by Crippen LogP contribution is 2.25. The number of rotatable bonds is 5. The summed E-state index contributed by atoms with van der Waals surface area (Å²) in [6.45, 7) is 0. The molecule has 1 aliphatic heterocycles. The van der Waals surface area contributed by atoms with Crippen LogP contribution < -0.4 is 5.43 Å². The summed E-state index contributed by atoms with van der Waals surface area (Å²) in [4.78, 5) is 11.1. The third kappa shape index (κ3) is 3.26. The first-order valence-electron chi connectivity index (χ1n) is 7.43. The third-order valence-electron chi connectivity index (χ3n) is 3.85. The Kier molecular flexibility index (Phi) is 4.52. The summed E-state index contributed by atoms with van der Waals surface area (Å²) in [6, 6.07) is 6.45. The topological polar surface area (TPSA) is 89.4 Å². The van der Waals surface area contributed by atoms with Crippen molar-refractivity contribution in [3.05, 3.63) is 58.9 Å². The zero-order valence-electron chi connectivity index (χ0n) is 13.4. The molecule has 1 aromatic rings. The highest BCUT2D eigenvalue weighted by atomic mass is 16.5. The molecule has 7 nitrogen and oxygen atoms in total. The van der Waals surface area contributed by atoms with Gasteiger partial charge >= 0.3 is 5.97 Å². The summed E-state index contributed by atoms with van der Waals surface area (Å²) >= 11 is 0. The van der Waals surface area contributed by atoms with Crippen molar-refractivity contribution in [2.75, 3.05) is 14.2 Å². The number of aromatic carboxylic acids is 1. The van der Waals surface area contributed by atoms with Crippen LogP contribution in [0.3, 0.4) is 0 Å². The van der Waals surface area contributed by atoms with Crippen LogP contribution in [0, 0.1) is 0 Å². The van der Waals surface area contributed by atoms with E-state index in [0.29, 0.717) is 17.9 Å². The van der Waals surface area contributed by atoms with E-state index >= 15 is 0 Å². The number of carbonyl (C=O) groups is 1. The molecule has 0 saturated carbocycles. The van der Waals surface area contributed by atoms with E-state index in [9.17, 15) is 4.79 Å². The van der Waals surface area contributed by atoms with Gasteiger partial charge in [0.2, 0.25) is 12.1 Å². The van der Waals surface area contributed by atoms with E-state index in [1.54, 1.807) is 26.4 Å². The summed E-state index contributed by atoms with van der Waals surface area (Å²) in [5.74, 6) is 0.146. The van der Waals surface area contributed by atoms with Gasteiger partial charge in [-0.3, -0.25) is 5.43 Å². The van der Waals surface area contributed by atoms with Gasteiger partial charge in [-0.1, -0.05) is 6.07 Å². The van der Waals surface area contributed by atoms with Gasteiger partial charge in [0.25, 0.3) is 0 Å². The predicted molar refractivity (Wildman–Crippen MR) is 86.5 cm³/mol. The maximum absolute atomic E-state index is 11.1. The molecule has 24 heavy (non-hydrogen) atoms. The van der Waals surface area contributed by atoms with Gasteiger partial charge in [0, 0.05) is 24.7 Å². The molecule has 3 rings (SSSR count). The van der Waals surface area contributed by atoms with Crippen molar-refractivity contribution in [2.45, 2.75) is 18.8 Å². The smallest absolute Gasteiger partial charge is 0.335 e. The summed E-state index contributed by atoms with van der Waals surface area (Å²) in [5.41, 5.74) is 4.53. The number of benzene rings is 1. The number of carboxylic acids is 1. The van der Waals surface area contributed by atoms with Crippen molar-refractivity contribution in [1.29, 1.82) is 0 Å². The van der Waals surface area contributed by atoms with Gasteiger partial charge in [-0.25, -0.2) is 4.79 Å². The molecule has 0 aromatic heterocycles. The Hall–Kier alpha value is -2.80. The minimum atomic E-state index is -0.995. The van der Waals surface area contributed by atoms with Gasteiger partial charge in [0.05, 0.1) is 24.5 Å². The third-order valence-corrected chi connectivity index (χ3v) is 3.85. The van der Waals surface area contributed by atoms with Crippen LogP contribution >= 0.6 is 0 Å². The lowest BCUT2D eigenvalue weighted by molar-refractivity contribution is 0.0697. The lowest BCUT2D eigenvalue weighted by Gasteiger charge is -2.22. The summed E-state index contributed by atoms with van der Waals surface area (Å²) in [7, 11) is 3.25. The number of ether oxygens (including phenoxy) is 3. The first-order valence-corrected chi connectivity index (χ1v) is 7.43. The van der Waals surface area contributed by atoms with Crippen molar-refractivity contribution in [1.82, 2.24) is 5.43 Å². The molecule has 1 heterocycles. The maximum atomic E-state index is 11.1. The molecule has 7 heteroatoms. The number of nitrogens with one attached hydrogen (secondary N) is 1. The Balaban J connectivity index is 1.77. The number of carboxylic acid groups (broad SMARTS) is 1. The molecular weight excluding hydrogens is 312 g/mol. The molecule has 0 saturated heterocycles. The van der Waals surface area contributed by atoms with Gasteiger partial charge < -0.3 is 19.3 Å². The Morgan fingerprint density at radius 2 is 2.25 bits per heavy atom. The first kappa shape index (κ1) is 16.1. The lowest BCUT2D eigenvalue weighted by Crippen LogP contribution is -2.27. The molecule has 2 atom stereocenters. The van der Waals surface area contributed by atoms with Gasteiger partial charge in [-0.05, 0) is 30.4 Å². The average Bonchev–Trinajstić information content (AvgIpc) is 3.11. The Bertz CT molecular complexity index is 738. The van der Waals surface area contributed by atoms with Crippen molar-refractivity contribution in [2.24, 2.45) is 5.10 Å². The number of methoxy groups -OCH3 is 2. The van der Waals surface area contributed by atoms with Crippen molar-refractivity contribution < 1.29 is 24.1 Å². The molecule has 0 fully saturated rings. The van der Waals surface area contributed by atoms with Gasteiger partial charge in [-0.15, -0.1) is 5.10 Å². The fourth-order valence-electron chi connectivity index (χ4n) is 2.56. The monoisotopic (exact) mass is 330 g/mol. The van der Waals surface area contributed by atoms with E-state index in [1.165, 1.54) is 12.1 Å². The summed E-state index contributed by atoms with van der Waals surface area (Å²) < 4.78 is 16.5. The van der Waals surface area contributed by atoms with E-state index in [-0.39, 0.29) is 11.7 Å². The van der Waals surface area contributed by atoms with Gasteiger partial charge in [0.1, 0.15) is 0 Å². The van der Waals surface area contributed by atoms with Crippen LogP contribution in [0.2, 0.25) is 0 Å². The quantitative estimate of drug-likeness (QED) is 0.857. The van der Waals surface area contributed by atoms with E-state index in [1.807, 2.05) is 12.2 Å². The van der Waals surface area contributed by atoms with Crippen LogP contribution in [0.4, 0.5) is 0 Å². The number of hydrazone groups is 1. The first-order chi connectivity index (χ1) is 11.6. The molecule has 2 N–H and O–H groups in total. The minimum absolute atomic E-state index is 0.0928. The lowest BCUT2D eigenvalue weighted by atomic mass is 10.0. The molecule has 1 aliphatic carbocycles. The van der Waals surface area contributed by atoms with Crippen LogP contribution in [-0.4, -0.2) is 43.5 Å². The number of nitrogens with zero attached hydrogens (tertiary/aromatic N) is 1. The molecule has 0 bridgehead atoms. The molecular formula is C17H18N2O5. The van der Waals surface area contributed by atoms with Crippen LogP contribution in [-0.2, 0) is 14.2 Å². The zero-order chi connectivity index (χ0) is 17.1. The molecule has 2 aliphatic rings. The molecule has 0 spiro atoms. The van der Waals surface area contributed by atoms with Crippen molar-refractivity contribution in [3.63, 3.8) is 0 Å². The zero-order valence-corrected chi connectivity index (χ0v) is 13.4. The molecule has 1 aromatic carbocycles. The van der Waals surface area contributed by atoms with Crippen LogP contribution in [0.25, 0.3) is 0 Å². The van der Waals surface area contributed by atoms with Gasteiger partial charge in [-0.2, -0.15) is 0 Å².